The van der Waals surface area contributed by atoms with Crippen molar-refractivity contribution in [1.82, 2.24) is 4.98 Å². The Morgan fingerprint density at radius 1 is 1.18 bits per heavy atom. The minimum Gasteiger partial charge on any atom is -0.378 e. The molecule has 0 bridgehead atoms. The number of ether oxygens (including phenoxy) is 1. The molecule has 0 spiro atoms. The van der Waals surface area contributed by atoms with Crippen LogP contribution in [0.15, 0.2) is 35.1 Å². The second kappa shape index (κ2) is 4.63. The average molecular weight is 293 g/mol. The fourth-order valence-corrected chi connectivity index (χ4v) is 2.78. The van der Waals surface area contributed by atoms with Gasteiger partial charge in [-0.25, -0.2) is 4.98 Å². The summed E-state index contributed by atoms with van der Waals surface area (Å²) in [6.45, 7) is 3.42. The van der Waals surface area contributed by atoms with Gasteiger partial charge in [-0.05, 0) is 15.9 Å². The highest BCUT2D eigenvalue weighted by Crippen LogP contribution is 2.32. The fraction of sp³-hybridized carbons (Fsp3) is 0.308. The van der Waals surface area contributed by atoms with Crippen molar-refractivity contribution >= 4 is 32.4 Å². The lowest BCUT2D eigenvalue weighted by Gasteiger charge is -2.30. The third-order valence-corrected chi connectivity index (χ3v) is 3.64. The molecule has 0 atom stereocenters. The molecule has 0 unspecified atom stereocenters. The molecule has 17 heavy (non-hydrogen) atoms. The van der Waals surface area contributed by atoms with E-state index in [9.17, 15) is 0 Å². The van der Waals surface area contributed by atoms with Gasteiger partial charge in [0.1, 0.15) is 4.60 Å². The van der Waals surface area contributed by atoms with E-state index in [-0.39, 0.29) is 0 Å². The lowest BCUT2D eigenvalue weighted by atomic mass is 10.1. The zero-order valence-electron chi connectivity index (χ0n) is 9.40. The zero-order valence-corrected chi connectivity index (χ0v) is 11.0. The maximum absolute atomic E-state index is 5.40. The first kappa shape index (κ1) is 11.0. The van der Waals surface area contributed by atoms with Gasteiger partial charge in [0.2, 0.25) is 0 Å². The molecular formula is C13H13BrN2O. The first-order chi connectivity index (χ1) is 8.36. The van der Waals surface area contributed by atoms with Crippen molar-refractivity contribution in [2.24, 2.45) is 0 Å². The van der Waals surface area contributed by atoms with Gasteiger partial charge in [-0.15, -0.1) is 0 Å². The molecule has 1 aliphatic rings. The highest BCUT2D eigenvalue weighted by atomic mass is 79.9. The Morgan fingerprint density at radius 2 is 1.94 bits per heavy atom. The van der Waals surface area contributed by atoms with Crippen LogP contribution in [0.3, 0.4) is 0 Å². The van der Waals surface area contributed by atoms with E-state index in [0.717, 1.165) is 30.9 Å². The van der Waals surface area contributed by atoms with Gasteiger partial charge in [0.15, 0.2) is 0 Å². The Kier molecular flexibility index (Phi) is 2.99. The summed E-state index contributed by atoms with van der Waals surface area (Å²) in [6.07, 6.45) is 1.91. The minimum absolute atomic E-state index is 0.787. The molecule has 0 amide bonds. The fourth-order valence-electron chi connectivity index (χ4n) is 2.21. The van der Waals surface area contributed by atoms with Gasteiger partial charge < -0.3 is 9.64 Å². The number of nitrogens with zero attached hydrogens (tertiary/aromatic N) is 2. The number of rotatable bonds is 1. The maximum atomic E-state index is 5.40. The first-order valence-corrected chi connectivity index (χ1v) is 6.51. The summed E-state index contributed by atoms with van der Waals surface area (Å²) in [6, 6.07) is 8.35. The largest absolute Gasteiger partial charge is 0.378 e. The number of pyridine rings is 1. The van der Waals surface area contributed by atoms with Crippen LogP contribution in [0.4, 0.5) is 5.69 Å². The maximum Gasteiger partial charge on any atom is 0.130 e. The molecule has 0 aliphatic carbocycles. The molecule has 3 rings (SSSR count). The van der Waals surface area contributed by atoms with Crippen LogP contribution < -0.4 is 4.90 Å². The Labute approximate surface area is 109 Å². The summed E-state index contributed by atoms with van der Waals surface area (Å²) in [5, 5.41) is 2.42. The highest BCUT2D eigenvalue weighted by Gasteiger charge is 2.17. The second-order valence-corrected chi connectivity index (χ2v) is 4.84. The highest BCUT2D eigenvalue weighted by molar-refractivity contribution is 9.10. The van der Waals surface area contributed by atoms with Crippen LogP contribution >= 0.6 is 15.9 Å². The van der Waals surface area contributed by atoms with Crippen LogP contribution in [-0.2, 0) is 4.74 Å². The monoisotopic (exact) mass is 292 g/mol. The molecule has 1 aromatic carbocycles. The van der Waals surface area contributed by atoms with Gasteiger partial charge in [-0.2, -0.15) is 0 Å². The molecule has 4 heteroatoms. The Bertz CT molecular complexity index is 538. The van der Waals surface area contributed by atoms with Crippen molar-refractivity contribution in [2.45, 2.75) is 0 Å². The van der Waals surface area contributed by atoms with Crippen LogP contribution in [0.25, 0.3) is 10.8 Å². The number of hydrogen-bond donors (Lipinski definition) is 0. The number of aromatic nitrogens is 1. The van der Waals surface area contributed by atoms with Gasteiger partial charge >= 0.3 is 0 Å². The number of anilines is 1. The molecule has 2 heterocycles. The molecule has 0 saturated carbocycles. The van der Waals surface area contributed by atoms with Crippen LogP contribution in [0.2, 0.25) is 0 Å². The number of hydrogen-bond acceptors (Lipinski definition) is 3. The van der Waals surface area contributed by atoms with E-state index in [2.05, 4.69) is 44.0 Å². The molecular weight excluding hydrogens is 280 g/mol. The molecule has 88 valence electrons. The number of halogens is 1. The predicted molar refractivity (Wildman–Crippen MR) is 72.5 cm³/mol. The van der Waals surface area contributed by atoms with Crippen molar-refractivity contribution in [3.05, 3.63) is 35.1 Å². The standard InChI is InChI=1S/C13H13BrN2O/c14-13-12(16-5-7-17-8-6-16)11-4-2-1-3-10(11)9-15-13/h1-4,9H,5-8H2. The normalized spacial score (nSPS) is 16.4. The minimum atomic E-state index is 0.787. The predicted octanol–water partition coefficient (Wildman–Crippen LogP) is 2.83. The lowest BCUT2D eigenvalue weighted by Crippen LogP contribution is -2.36. The molecule has 1 aromatic heterocycles. The summed E-state index contributed by atoms with van der Waals surface area (Å²) in [5.74, 6) is 0. The summed E-state index contributed by atoms with van der Waals surface area (Å²) in [5.41, 5.74) is 1.19. The smallest absolute Gasteiger partial charge is 0.130 e. The number of morpholine rings is 1. The third kappa shape index (κ3) is 2.03. The van der Waals surface area contributed by atoms with Gasteiger partial charge in [0.25, 0.3) is 0 Å². The SMILES string of the molecule is Brc1ncc2ccccc2c1N1CCOCC1. The Morgan fingerprint density at radius 3 is 2.76 bits per heavy atom. The van der Waals surface area contributed by atoms with Crippen molar-refractivity contribution in [1.29, 1.82) is 0 Å². The molecule has 2 aromatic rings. The Balaban J connectivity index is 2.15. The van der Waals surface area contributed by atoms with E-state index in [1.807, 2.05) is 12.3 Å². The molecule has 3 nitrogen and oxygen atoms in total. The van der Waals surface area contributed by atoms with Gasteiger partial charge in [0, 0.05) is 30.1 Å². The average Bonchev–Trinajstić information content (AvgIpc) is 2.39. The second-order valence-electron chi connectivity index (χ2n) is 4.08. The molecule has 0 radical (unpaired) electrons. The Hall–Kier alpha value is -1.13. The van der Waals surface area contributed by atoms with E-state index in [1.54, 1.807) is 0 Å². The van der Waals surface area contributed by atoms with E-state index in [1.165, 1.54) is 16.5 Å². The van der Waals surface area contributed by atoms with Gasteiger partial charge in [-0.3, -0.25) is 0 Å². The quantitative estimate of drug-likeness (QED) is 0.756. The van der Waals surface area contributed by atoms with Crippen molar-refractivity contribution < 1.29 is 4.74 Å². The topological polar surface area (TPSA) is 25.4 Å². The number of benzene rings is 1. The lowest BCUT2D eigenvalue weighted by molar-refractivity contribution is 0.122. The molecule has 1 fully saturated rings. The first-order valence-electron chi connectivity index (χ1n) is 5.72. The molecule has 1 saturated heterocycles. The van der Waals surface area contributed by atoms with E-state index < -0.39 is 0 Å². The summed E-state index contributed by atoms with van der Waals surface area (Å²) in [7, 11) is 0. The summed E-state index contributed by atoms with van der Waals surface area (Å²) in [4.78, 5) is 6.75. The van der Waals surface area contributed by atoms with Crippen LogP contribution in [0, 0.1) is 0 Å². The number of fused-ring (bicyclic) bond motifs is 1. The van der Waals surface area contributed by atoms with Crippen molar-refractivity contribution in [3.63, 3.8) is 0 Å². The van der Waals surface area contributed by atoms with E-state index in [4.69, 9.17) is 4.74 Å². The van der Waals surface area contributed by atoms with Crippen molar-refractivity contribution in [3.8, 4) is 0 Å². The molecule has 1 aliphatic heterocycles. The van der Waals surface area contributed by atoms with Crippen molar-refractivity contribution in [2.75, 3.05) is 31.2 Å². The van der Waals surface area contributed by atoms with Crippen LogP contribution in [-0.4, -0.2) is 31.3 Å². The molecule has 0 N–H and O–H groups in total. The summed E-state index contributed by atoms with van der Waals surface area (Å²) >= 11 is 3.56. The van der Waals surface area contributed by atoms with Gasteiger partial charge in [0.05, 0.1) is 18.9 Å². The van der Waals surface area contributed by atoms with E-state index in [0.29, 0.717) is 0 Å². The van der Waals surface area contributed by atoms with Crippen LogP contribution in [0.5, 0.6) is 0 Å². The zero-order chi connectivity index (χ0) is 11.7. The van der Waals surface area contributed by atoms with Gasteiger partial charge in [-0.1, -0.05) is 24.3 Å². The van der Waals surface area contributed by atoms with E-state index >= 15 is 0 Å². The van der Waals surface area contributed by atoms with Crippen LogP contribution in [0.1, 0.15) is 0 Å². The third-order valence-electron chi connectivity index (χ3n) is 3.06. The summed E-state index contributed by atoms with van der Waals surface area (Å²) < 4.78 is 6.31.